The van der Waals surface area contributed by atoms with E-state index in [-0.39, 0.29) is 18.7 Å². The first-order valence-corrected chi connectivity index (χ1v) is 8.83. The molecule has 0 radical (unpaired) electrons. The normalized spacial score (nSPS) is 17.5. The highest BCUT2D eigenvalue weighted by atomic mass is 32.1. The summed E-state index contributed by atoms with van der Waals surface area (Å²) in [5, 5.41) is 2.67. The number of fused-ring (bicyclic) bond motifs is 1. The van der Waals surface area contributed by atoms with Crippen LogP contribution in [0.3, 0.4) is 0 Å². The van der Waals surface area contributed by atoms with Gasteiger partial charge in [-0.2, -0.15) is 0 Å². The van der Waals surface area contributed by atoms with Crippen molar-refractivity contribution in [1.29, 1.82) is 0 Å². The first kappa shape index (κ1) is 18.4. The molecule has 0 aromatic carbocycles. The number of rotatable bonds is 6. The van der Waals surface area contributed by atoms with Crippen molar-refractivity contribution in [3.8, 4) is 0 Å². The second-order valence-corrected chi connectivity index (χ2v) is 7.21. The molecule has 7 heteroatoms. The van der Waals surface area contributed by atoms with E-state index in [0.717, 1.165) is 19.3 Å². The van der Waals surface area contributed by atoms with Gasteiger partial charge < -0.3 is 14.8 Å². The van der Waals surface area contributed by atoms with E-state index in [1.165, 1.54) is 36.0 Å². The zero-order valence-electron chi connectivity index (χ0n) is 14.2. The molecule has 1 N–H and O–H groups in total. The summed E-state index contributed by atoms with van der Waals surface area (Å²) in [7, 11) is 2.54. The Hall–Kier alpha value is -1.89. The van der Waals surface area contributed by atoms with E-state index in [4.69, 9.17) is 4.74 Å². The topological polar surface area (TPSA) is 81.7 Å². The number of amides is 1. The molecule has 0 aliphatic heterocycles. The molecule has 1 amide bonds. The molecule has 1 aromatic rings. The zero-order valence-corrected chi connectivity index (χ0v) is 15.0. The molecule has 0 unspecified atom stereocenters. The highest BCUT2D eigenvalue weighted by Crippen LogP contribution is 2.32. The van der Waals surface area contributed by atoms with Crippen molar-refractivity contribution >= 4 is 29.2 Å². The predicted octanol–water partition coefficient (Wildman–Crippen LogP) is 2.10. The number of carbonyl (C=O) groups is 3. The monoisotopic (exact) mass is 353 g/mol. The number of methoxy groups -OCH3 is 2. The van der Waals surface area contributed by atoms with Crippen LogP contribution in [0.4, 0.5) is 0 Å². The van der Waals surface area contributed by atoms with E-state index in [1.54, 1.807) is 0 Å². The van der Waals surface area contributed by atoms with Gasteiger partial charge in [-0.3, -0.25) is 9.59 Å². The van der Waals surface area contributed by atoms with E-state index in [9.17, 15) is 14.4 Å². The van der Waals surface area contributed by atoms with E-state index in [2.05, 4.69) is 17.0 Å². The molecule has 1 aliphatic carbocycles. The van der Waals surface area contributed by atoms with Crippen molar-refractivity contribution < 1.29 is 23.9 Å². The summed E-state index contributed by atoms with van der Waals surface area (Å²) in [6, 6.07) is 1.05. The maximum Gasteiger partial charge on any atom is 0.328 e. The summed E-state index contributed by atoms with van der Waals surface area (Å²) >= 11 is 1.48. The second kappa shape index (κ2) is 8.28. The molecule has 2 rings (SSSR count). The Balaban J connectivity index is 2.04. The van der Waals surface area contributed by atoms with E-state index in [0.29, 0.717) is 10.8 Å². The molecular formula is C17H23NO5S. The molecule has 0 spiro atoms. The lowest BCUT2D eigenvalue weighted by Gasteiger charge is -2.16. The van der Waals surface area contributed by atoms with Gasteiger partial charge in [-0.05, 0) is 43.2 Å². The fourth-order valence-electron chi connectivity index (χ4n) is 2.80. The van der Waals surface area contributed by atoms with Crippen molar-refractivity contribution in [1.82, 2.24) is 5.32 Å². The van der Waals surface area contributed by atoms with Crippen molar-refractivity contribution in [2.24, 2.45) is 5.92 Å². The van der Waals surface area contributed by atoms with Gasteiger partial charge in [-0.15, -0.1) is 11.3 Å². The molecule has 1 aromatic heterocycles. The van der Waals surface area contributed by atoms with Gasteiger partial charge in [-0.25, -0.2) is 4.79 Å². The van der Waals surface area contributed by atoms with Gasteiger partial charge in [0.2, 0.25) is 0 Å². The Bertz CT molecular complexity index is 624. The van der Waals surface area contributed by atoms with Gasteiger partial charge in [0.05, 0.1) is 19.1 Å². The lowest BCUT2D eigenvalue weighted by Crippen LogP contribution is -2.41. The highest BCUT2D eigenvalue weighted by molar-refractivity contribution is 7.14. The van der Waals surface area contributed by atoms with Gasteiger partial charge in [0, 0.05) is 11.3 Å². The average molecular weight is 353 g/mol. The molecule has 1 aliphatic rings. The molecule has 2 atom stereocenters. The highest BCUT2D eigenvalue weighted by Gasteiger charge is 2.26. The Morgan fingerprint density at radius 3 is 2.75 bits per heavy atom. The van der Waals surface area contributed by atoms with Crippen LogP contribution in [0.2, 0.25) is 0 Å². The Labute approximate surface area is 145 Å². The first-order valence-electron chi connectivity index (χ1n) is 8.01. The van der Waals surface area contributed by atoms with Crippen LogP contribution in [-0.4, -0.2) is 38.1 Å². The number of thiophene rings is 1. The number of hydrogen-bond acceptors (Lipinski definition) is 6. The largest absolute Gasteiger partial charge is 0.469 e. The summed E-state index contributed by atoms with van der Waals surface area (Å²) in [5.41, 5.74) is 1.23. The van der Waals surface area contributed by atoms with Crippen LogP contribution in [0.25, 0.3) is 0 Å². The van der Waals surface area contributed by atoms with Crippen molar-refractivity contribution in [3.63, 3.8) is 0 Å². The predicted molar refractivity (Wildman–Crippen MR) is 90.0 cm³/mol. The van der Waals surface area contributed by atoms with Gasteiger partial charge in [-0.1, -0.05) is 6.92 Å². The standard InChI is InChI=1S/C17H23NO5S/c1-10-4-6-13-11(8-10)9-14(24-13)16(20)18-12(17(21)23-3)5-7-15(19)22-2/h9-10,12H,4-8H2,1-3H3,(H,18,20)/t10-,12-/m1/s1. The lowest BCUT2D eigenvalue weighted by molar-refractivity contribution is -0.144. The van der Waals surface area contributed by atoms with Crippen molar-refractivity contribution in [2.45, 2.75) is 45.1 Å². The summed E-state index contributed by atoms with van der Waals surface area (Å²) in [6.45, 7) is 2.21. The van der Waals surface area contributed by atoms with E-state index >= 15 is 0 Å². The average Bonchev–Trinajstić information content (AvgIpc) is 3.00. The van der Waals surface area contributed by atoms with Crippen LogP contribution in [0, 0.1) is 5.92 Å². The molecule has 132 valence electrons. The third-order valence-corrected chi connectivity index (χ3v) is 5.44. The molecule has 0 saturated carbocycles. The fourth-order valence-corrected chi connectivity index (χ4v) is 3.91. The minimum Gasteiger partial charge on any atom is -0.469 e. The third kappa shape index (κ3) is 4.56. The fraction of sp³-hybridized carbons (Fsp3) is 0.588. The zero-order chi connectivity index (χ0) is 17.7. The minimum atomic E-state index is -0.861. The van der Waals surface area contributed by atoms with Gasteiger partial charge >= 0.3 is 11.9 Å². The molecule has 0 bridgehead atoms. The maximum atomic E-state index is 12.5. The molecule has 1 heterocycles. The summed E-state index contributed by atoms with van der Waals surface area (Å²) in [4.78, 5) is 37.4. The van der Waals surface area contributed by atoms with Crippen molar-refractivity contribution in [3.05, 3.63) is 21.4 Å². The number of hydrogen-bond donors (Lipinski definition) is 1. The van der Waals surface area contributed by atoms with Crippen LogP contribution in [0.15, 0.2) is 6.07 Å². The van der Waals surface area contributed by atoms with Crippen LogP contribution in [-0.2, 0) is 31.9 Å². The number of aryl methyl sites for hydroxylation is 1. The van der Waals surface area contributed by atoms with Crippen LogP contribution in [0.5, 0.6) is 0 Å². The van der Waals surface area contributed by atoms with Crippen LogP contribution in [0.1, 0.15) is 46.3 Å². The molecule has 0 saturated heterocycles. The first-order chi connectivity index (χ1) is 11.4. The Kier molecular flexibility index (Phi) is 6.36. The summed E-state index contributed by atoms with van der Waals surface area (Å²) in [5.74, 6) is -0.672. The Morgan fingerprint density at radius 1 is 1.33 bits per heavy atom. The Morgan fingerprint density at radius 2 is 2.08 bits per heavy atom. The smallest absolute Gasteiger partial charge is 0.328 e. The minimum absolute atomic E-state index is 0.0367. The molecule has 6 nitrogen and oxygen atoms in total. The number of nitrogens with one attached hydrogen (secondary N) is 1. The third-order valence-electron chi connectivity index (χ3n) is 4.21. The molecule has 0 fully saturated rings. The van der Waals surface area contributed by atoms with Crippen molar-refractivity contribution in [2.75, 3.05) is 14.2 Å². The summed E-state index contributed by atoms with van der Waals surface area (Å²) < 4.78 is 9.28. The van der Waals surface area contributed by atoms with Gasteiger partial charge in [0.25, 0.3) is 5.91 Å². The van der Waals surface area contributed by atoms with E-state index in [1.807, 2.05) is 6.07 Å². The van der Waals surface area contributed by atoms with E-state index < -0.39 is 18.0 Å². The van der Waals surface area contributed by atoms with Gasteiger partial charge in [0.1, 0.15) is 6.04 Å². The van der Waals surface area contributed by atoms with Crippen LogP contribution >= 0.6 is 11.3 Å². The number of ether oxygens (including phenoxy) is 2. The lowest BCUT2D eigenvalue weighted by atomic mass is 9.90. The number of carbonyl (C=O) groups excluding carboxylic acids is 3. The quantitative estimate of drug-likeness (QED) is 0.792. The number of esters is 2. The molecule has 24 heavy (non-hydrogen) atoms. The van der Waals surface area contributed by atoms with Gasteiger partial charge in [0.15, 0.2) is 0 Å². The summed E-state index contributed by atoms with van der Waals surface area (Å²) in [6.07, 6.45) is 3.31. The maximum absolute atomic E-state index is 12.5. The molecular weight excluding hydrogens is 330 g/mol. The van der Waals surface area contributed by atoms with Crippen LogP contribution < -0.4 is 5.32 Å². The SMILES string of the molecule is COC(=O)CC[C@@H](NC(=O)c1cc2c(s1)CC[C@@H](C)C2)C(=O)OC. The second-order valence-electron chi connectivity index (χ2n) is 6.07.